The van der Waals surface area contributed by atoms with Crippen LogP contribution in [0.3, 0.4) is 0 Å². The summed E-state index contributed by atoms with van der Waals surface area (Å²) in [5, 5.41) is 3.56. The SMILES string of the molecule is CC1CN2CCCC2CN1c1ccnc(CNC2CC2)c1. The maximum Gasteiger partial charge on any atom is 0.0562 e. The van der Waals surface area contributed by atoms with E-state index >= 15 is 0 Å². The highest BCUT2D eigenvalue weighted by Crippen LogP contribution is 2.28. The predicted octanol–water partition coefficient (Wildman–Crippen LogP) is 2.01. The van der Waals surface area contributed by atoms with Gasteiger partial charge in [-0.15, -0.1) is 0 Å². The third-order valence-corrected chi connectivity index (χ3v) is 5.22. The van der Waals surface area contributed by atoms with Gasteiger partial charge in [0.25, 0.3) is 0 Å². The number of piperazine rings is 1. The lowest BCUT2D eigenvalue weighted by molar-refractivity contribution is 0.203. The fourth-order valence-electron chi connectivity index (χ4n) is 3.82. The quantitative estimate of drug-likeness (QED) is 0.917. The van der Waals surface area contributed by atoms with Crippen molar-refractivity contribution in [2.45, 2.75) is 57.3 Å². The highest BCUT2D eigenvalue weighted by atomic mass is 15.3. The van der Waals surface area contributed by atoms with Gasteiger partial charge in [-0.2, -0.15) is 0 Å². The normalized spacial score (nSPS) is 29.7. The third-order valence-electron chi connectivity index (χ3n) is 5.22. The Kier molecular flexibility index (Phi) is 3.59. The molecule has 114 valence electrons. The maximum absolute atomic E-state index is 4.53. The van der Waals surface area contributed by atoms with E-state index in [1.54, 1.807) is 0 Å². The second kappa shape index (κ2) is 5.58. The van der Waals surface area contributed by atoms with Crippen molar-refractivity contribution >= 4 is 5.69 Å². The van der Waals surface area contributed by atoms with Crippen molar-refractivity contribution in [1.29, 1.82) is 0 Å². The molecule has 0 amide bonds. The minimum Gasteiger partial charge on any atom is -0.366 e. The van der Waals surface area contributed by atoms with E-state index in [0.29, 0.717) is 6.04 Å². The average molecular weight is 286 g/mol. The summed E-state index contributed by atoms with van der Waals surface area (Å²) in [6.45, 7) is 6.96. The van der Waals surface area contributed by atoms with Crippen molar-refractivity contribution in [2.24, 2.45) is 0 Å². The third kappa shape index (κ3) is 2.92. The van der Waals surface area contributed by atoms with Crippen LogP contribution < -0.4 is 10.2 Å². The topological polar surface area (TPSA) is 31.4 Å². The van der Waals surface area contributed by atoms with Gasteiger partial charge in [0.2, 0.25) is 0 Å². The summed E-state index contributed by atoms with van der Waals surface area (Å²) in [4.78, 5) is 9.80. The first kappa shape index (κ1) is 13.5. The van der Waals surface area contributed by atoms with Crippen LogP contribution in [0.4, 0.5) is 5.69 Å². The molecule has 4 heteroatoms. The zero-order valence-corrected chi connectivity index (χ0v) is 13.0. The Labute approximate surface area is 127 Å². The summed E-state index contributed by atoms with van der Waals surface area (Å²) in [5.74, 6) is 0. The molecule has 0 spiro atoms. The van der Waals surface area contributed by atoms with Crippen molar-refractivity contribution in [3.8, 4) is 0 Å². The van der Waals surface area contributed by atoms with Crippen LogP contribution in [-0.2, 0) is 6.54 Å². The Morgan fingerprint density at radius 2 is 2.19 bits per heavy atom. The molecule has 1 aromatic heterocycles. The largest absolute Gasteiger partial charge is 0.366 e. The van der Waals surface area contributed by atoms with Crippen molar-refractivity contribution in [1.82, 2.24) is 15.2 Å². The summed E-state index contributed by atoms with van der Waals surface area (Å²) in [5.41, 5.74) is 2.54. The van der Waals surface area contributed by atoms with Crippen LogP contribution >= 0.6 is 0 Å². The molecule has 2 unspecified atom stereocenters. The van der Waals surface area contributed by atoms with Crippen LogP contribution in [0.2, 0.25) is 0 Å². The van der Waals surface area contributed by atoms with Gasteiger partial charge in [-0.05, 0) is 51.3 Å². The highest BCUT2D eigenvalue weighted by Gasteiger charge is 2.34. The molecule has 2 saturated heterocycles. The van der Waals surface area contributed by atoms with E-state index in [-0.39, 0.29) is 0 Å². The van der Waals surface area contributed by atoms with E-state index in [9.17, 15) is 0 Å². The molecule has 1 N–H and O–H groups in total. The first-order valence-electron chi connectivity index (χ1n) is 8.48. The van der Waals surface area contributed by atoms with E-state index in [2.05, 4.69) is 39.2 Å². The molecule has 0 aromatic carbocycles. The van der Waals surface area contributed by atoms with E-state index < -0.39 is 0 Å². The van der Waals surface area contributed by atoms with Gasteiger partial charge in [0.15, 0.2) is 0 Å². The average Bonchev–Trinajstić information content (AvgIpc) is 3.22. The van der Waals surface area contributed by atoms with E-state index in [1.165, 1.54) is 56.7 Å². The summed E-state index contributed by atoms with van der Waals surface area (Å²) >= 11 is 0. The van der Waals surface area contributed by atoms with Gasteiger partial charge in [0.1, 0.15) is 0 Å². The summed E-state index contributed by atoms with van der Waals surface area (Å²) in [6, 6.07) is 6.59. The fourth-order valence-corrected chi connectivity index (χ4v) is 3.82. The number of hydrogen-bond donors (Lipinski definition) is 1. The number of nitrogens with one attached hydrogen (secondary N) is 1. The molecule has 3 fully saturated rings. The molecule has 4 rings (SSSR count). The number of nitrogens with zero attached hydrogens (tertiary/aromatic N) is 3. The molecular formula is C17H26N4. The van der Waals surface area contributed by atoms with Crippen molar-refractivity contribution in [3.05, 3.63) is 24.0 Å². The lowest BCUT2D eigenvalue weighted by Gasteiger charge is -2.43. The Balaban J connectivity index is 1.47. The zero-order valence-electron chi connectivity index (χ0n) is 13.0. The molecule has 2 aliphatic heterocycles. The molecule has 1 aromatic rings. The molecule has 0 radical (unpaired) electrons. The molecular weight excluding hydrogens is 260 g/mol. The Hall–Kier alpha value is -1.13. The molecule has 4 nitrogen and oxygen atoms in total. The molecule has 2 atom stereocenters. The van der Waals surface area contributed by atoms with Crippen LogP contribution in [0.15, 0.2) is 18.3 Å². The summed E-state index contributed by atoms with van der Waals surface area (Å²) < 4.78 is 0. The van der Waals surface area contributed by atoms with E-state index in [0.717, 1.165) is 18.6 Å². The van der Waals surface area contributed by atoms with Crippen LogP contribution in [-0.4, -0.2) is 47.6 Å². The highest BCUT2D eigenvalue weighted by molar-refractivity contribution is 5.48. The number of hydrogen-bond acceptors (Lipinski definition) is 4. The Morgan fingerprint density at radius 1 is 1.29 bits per heavy atom. The lowest BCUT2D eigenvalue weighted by atomic mass is 10.1. The molecule has 3 heterocycles. The molecule has 0 bridgehead atoms. The van der Waals surface area contributed by atoms with Gasteiger partial charge in [0, 0.05) is 49.6 Å². The lowest BCUT2D eigenvalue weighted by Crippen LogP contribution is -2.55. The van der Waals surface area contributed by atoms with Crippen molar-refractivity contribution in [2.75, 3.05) is 24.5 Å². The number of rotatable bonds is 4. The Bertz CT molecular complexity index is 499. The van der Waals surface area contributed by atoms with E-state index in [1.807, 2.05) is 6.20 Å². The smallest absolute Gasteiger partial charge is 0.0562 e. The number of anilines is 1. The molecule has 21 heavy (non-hydrogen) atoms. The standard InChI is InChI=1S/C17H26N4/c1-13-11-20-8-2-3-17(20)12-21(13)16-6-7-18-15(9-16)10-19-14-4-5-14/h6-7,9,13-14,17,19H,2-5,8,10-12H2,1H3. The minimum atomic E-state index is 0.603. The van der Waals surface area contributed by atoms with Crippen LogP contribution in [0.5, 0.6) is 0 Å². The van der Waals surface area contributed by atoms with Gasteiger partial charge >= 0.3 is 0 Å². The van der Waals surface area contributed by atoms with Gasteiger partial charge in [-0.1, -0.05) is 0 Å². The second-order valence-corrected chi connectivity index (χ2v) is 6.95. The molecule has 3 aliphatic rings. The van der Waals surface area contributed by atoms with Crippen molar-refractivity contribution < 1.29 is 0 Å². The monoisotopic (exact) mass is 286 g/mol. The van der Waals surface area contributed by atoms with Crippen LogP contribution in [0.25, 0.3) is 0 Å². The number of aromatic nitrogens is 1. The predicted molar refractivity (Wildman–Crippen MR) is 85.5 cm³/mol. The number of fused-ring (bicyclic) bond motifs is 1. The first-order chi connectivity index (χ1) is 10.3. The first-order valence-corrected chi connectivity index (χ1v) is 8.48. The summed E-state index contributed by atoms with van der Waals surface area (Å²) in [6.07, 6.45) is 7.39. The Morgan fingerprint density at radius 3 is 3.05 bits per heavy atom. The summed E-state index contributed by atoms with van der Waals surface area (Å²) in [7, 11) is 0. The zero-order chi connectivity index (χ0) is 14.2. The van der Waals surface area contributed by atoms with Crippen LogP contribution in [0.1, 0.15) is 38.3 Å². The van der Waals surface area contributed by atoms with Gasteiger partial charge < -0.3 is 10.2 Å². The van der Waals surface area contributed by atoms with Gasteiger partial charge in [-0.3, -0.25) is 9.88 Å². The fraction of sp³-hybridized carbons (Fsp3) is 0.706. The second-order valence-electron chi connectivity index (χ2n) is 6.95. The van der Waals surface area contributed by atoms with Crippen LogP contribution in [0, 0.1) is 0 Å². The molecule has 1 aliphatic carbocycles. The van der Waals surface area contributed by atoms with Gasteiger partial charge in [0.05, 0.1) is 5.69 Å². The van der Waals surface area contributed by atoms with Gasteiger partial charge in [-0.25, -0.2) is 0 Å². The van der Waals surface area contributed by atoms with Crippen molar-refractivity contribution in [3.63, 3.8) is 0 Å². The number of pyridine rings is 1. The van der Waals surface area contributed by atoms with E-state index in [4.69, 9.17) is 0 Å². The molecule has 1 saturated carbocycles. The minimum absolute atomic E-state index is 0.603. The maximum atomic E-state index is 4.53.